The molecule has 8 heteroatoms. The van der Waals surface area contributed by atoms with Gasteiger partial charge in [0.1, 0.15) is 12.1 Å². The number of carbonyl (C=O) groups excluding carboxylic acids is 1. The predicted octanol–water partition coefficient (Wildman–Crippen LogP) is 3.51. The maximum Gasteiger partial charge on any atom is 0.408 e. The van der Waals surface area contributed by atoms with Crippen LogP contribution in [0.15, 0.2) is 0 Å². The predicted molar refractivity (Wildman–Crippen MR) is 77.4 cm³/mol. The SMILES string of the molecule is CC(NC(=O)OCC(Cl)(Cl)Cl)(C(=O)O)C1CCCCC1. The number of alkyl carbamates (subject to hydrolysis) is 1. The molecule has 1 amide bonds. The first-order chi connectivity index (χ1) is 9.15. The second-order valence-corrected chi connectivity index (χ2v) is 7.67. The minimum Gasteiger partial charge on any atom is -0.480 e. The van der Waals surface area contributed by atoms with E-state index in [1.807, 2.05) is 0 Å². The van der Waals surface area contributed by atoms with E-state index < -0.39 is 28.0 Å². The molecule has 0 aromatic heterocycles. The Kier molecular flexibility index (Phi) is 6.23. The third kappa shape index (κ3) is 5.19. The zero-order valence-corrected chi connectivity index (χ0v) is 13.4. The summed E-state index contributed by atoms with van der Waals surface area (Å²) in [5.74, 6) is -1.22. The van der Waals surface area contributed by atoms with Crippen molar-refractivity contribution in [3.05, 3.63) is 0 Å². The minimum absolute atomic E-state index is 0.130. The molecule has 0 heterocycles. The molecule has 0 bridgehead atoms. The average molecular weight is 347 g/mol. The Morgan fingerprint density at radius 2 is 1.80 bits per heavy atom. The second-order valence-electron chi connectivity index (χ2n) is 5.16. The summed E-state index contributed by atoms with van der Waals surface area (Å²) < 4.78 is 3.01. The van der Waals surface area contributed by atoms with Gasteiger partial charge >= 0.3 is 12.1 Å². The monoisotopic (exact) mass is 345 g/mol. The Morgan fingerprint density at radius 3 is 2.25 bits per heavy atom. The maximum atomic E-state index is 11.7. The average Bonchev–Trinajstić information content (AvgIpc) is 2.36. The third-order valence-electron chi connectivity index (χ3n) is 3.59. The lowest BCUT2D eigenvalue weighted by atomic mass is 9.75. The number of aliphatic carboxylic acids is 1. The molecule has 1 atom stereocenters. The summed E-state index contributed by atoms with van der Waals surface area (Å²) >= 11 is 16.4. The molecule has 2 N–H and O–H groups in total. The second kappa shape index (κ2) is 7.05. The molecular formula is C12H18Cl3NO4. The summed E-state index contributed by atoms with van der Waals surface area (Å²) in [7, 11) is 0. The molecule has 0 saturated heterocycles. The highest BCUT2D eigenvalue weighted by atomic mass is 35.6. The smallest absolute Gasteiger partial charge is 0.408 e. The zero-order valence-electron chi connectivity index (χ0n) is 11.1. The van der Waals surface area contributed by atoms with Crippen molar-refractivity contribution in [2.24, 2.45) is 5.92 Å². The first kappa shape index (κ1) is 17.7. The van der Waals surface area contributed by atoms with Gasteiger partial charge in [-0.1, -0.05) is 54.1 Å². The quantitative estimate of drug-likeness (QED) is 0.764. The zero-order chi connectivity index (χ0) is 15.4. The molecule has 1 rings (SSSR count). The molecule has 0 aromatic rings. The number of amides is 1. The van der Waals surface area contributed by atoms with Gasteiger partial charge in [0.05, 0.1) is 0 Å². The van der Waals surface area contributed by atoms with Crippen LogP contribution in [-0.4, -0.2) is 33.1 Å². The van der Waals surface area contributed by atoms with E-state index >= 15 is 0 Å². The van der Waals surface area contributed by atoms with E-state index in [9.17, 15) is 14.7 Å². The van der Waals surface area contributed by atoms with Gasteiger partial charge in [0.15, 0.2) is 0 Å². The molecule has 20 heavy (non-hydrogen) atoms. The Labute approximate surface area is 132 Å². The van der Waals surface area contributed by atoms with E-state index in [4.69, 9.17) is 39.5 Å². The number of rotatable bonds is 4. The number of hydrogen-bond donors (Lipinski definition) is 2. The summed E-state index contributed by atoms with van der Waals surface area (Å²) in [5, 5.41) is 11.8. The van der Waals surface area contributed by atoms with Crippen LogP contribution in [0.25, 0.3) is 0 Å². The van der Waals surface area contributed by atoms with Crippen LogP contribution in [0.1, 0.15) is 39.0 Å². The Balaban J connectivity index is 2.66. The van der Waals surface area contributed by atoms with Gasteiger partial charge in [-0.25, -0.2) is 9.59 Å². The molecule has 0 spiro atoms. The molecular weight excluding hydrogens is 328 g/mol. The number of ether oxygens (including phenoxy) is 1. The van der Waals surface area contributed by atoms with Crippen LogP contribution < -0.4 is 5.32 Å². The Bertz CT molecular complexity index is 366. The maximum absolute atomic E-state index is 11.7. The standard InChI is InChI=1S/C12H18Cl3NO4/c1-11(9(17)18,8-5-3-2-4-6-8)16-10(19)20-7-12(13,14)15/h8H,2-7H2,1H3,(H,16,19)(H,17,18). The number of alkyl halides is 3. The summed E-state index contributed by atoms with van der Waals surface area (Å²) in [6.45, 7) is 1.05. The number of carboxylic acids is 1. The molecule has 116 valence electrons. The van der Waals surface area contributed by atoms with E-state index in [2.05, 4.69) is 5.32 Å². The lowest BCUT2D eigenvalue weighted by molar-refractivity contribution is -0.147. The molecule has 0 radical (unpaired) electrons. The minimum atomic E-state index is -1.72. The number of halogens is 3. The summed E-state index contributed by atoms with van der Waals surface area (Å²) in [4.78, 5) is 23.2. The van der Waals surface area contributed by atoms with Gasteiger partial charge < -0.3 is 15.2 Å². The van der Waals surface area contributed by atoms with Gasteiger partial charge in [-0.05, 0) is 25.7 Å². The highest BCUT2D eigenvalue weighted by Crippen LogP contribution is 2.33. The highest BCUT2D eigenvalue weighted by molar-refractivity contribution is 6.67. The largest absolute Gasteiger partial charge is 0.480 e. The van der Waals surface area contributed by atoms with Crippen molar-refractivity contribution in [2.75, 3.05) is 6.61 Å². The fourth-order valence-corrected chi connectivity index (χ4v) is 2.57. The Morgan fingerprint density at radius 1 is 1.25 bits per heavy atom. The topological polar surface area (TPSA) is 75.6 Å². The number of nitrogens with one attached hydrogen (secondary N) is 1. The molecule has 1 aliphatic carbocycles. The van der Waals surface area contributed by atoms with Gasteiger partial charge in [-0.3, -0.25) is 0 Å². The van der Waals surface area contributed by atoms with Crippen molar-refractivity contribution in [3.8, 4) is 0 Å². The van der Waals surface area contributed by atoms with Crippen LogP contribution in [0.2, 0.25) is 0 Å². The summed E-state index contributed by atoms with van der Waals surface area (Å²) in [6, 6.07) is 0. The molecule has 0 aliphatic heterocycles. The van der Waals surface area contributed by atoms with Crippen molar-refractivity contribution in [1.29, 1.82) is 0 Å². The first-order valence-electron chi connectivity index (χ1n) is 6.40. The lowest BCUT2D eigenvalue weighted by Gasteiger charge is -2.36. The molecule has 1 fully saturated rings. The van der Waals surface area contributed by atoms with E-state index in [1.165, 1.54) is 6.92 Å². The van der Waals surface area contributed by atoms with Gasteiger partial charge in [-0.15, -0.1) is 0 Å². The van der Waals surface area contributed by atoms with E-state index in [-0.39, 0.29) is 5.92 Å². The summed E-state index contributed by atoms with van der Waals surface area (Å²) in [6.07, 6.45) is 3.62. The number of carboxylic acid groups (broad SMARTS) is 1. The van der Waals surface area contributed by atoms with Crippen LogP contribution >= 0.6 is 34.8 Å². The number of carbonyl (C=O) groups is 2. The van der Waals surface area contributed by atoms with Crippen LogP contribution in [0.5, 0.6) is 0 Å². The van der Waals surface area contributed by atoms with E-state index in [1.54, 1.807) is 0 Å². The van der Waals surface area contributed by atoms with Crippen molar-refractivity contribution in [2.45, 2.75) is 48.4 Å². The molecule has 1 aliphatic rings. The first-order valence-corrected chi connectivity index (χ1v) is 7.53. The Hall–Kier alpha value is -0.390. The van der Waals surface area contributed by atoms with Crippen LogP contribution in [0.4, 0.5) is 4.79 Å². The fourth-order valence-electron chi connectivity index (χ4n) is 2.41. The van der Waals surface area contributed by atoms with Gasteiger partial charge in [-0.2, -0.15) is 0 Å². The molecule has 0 aromatic carbocycles. The van der Waals surface area contributed by atoms with Gasteiger partial charge in [0.2, 0.25) is 3.79 Å². The van der Waals surface area contributed by atoms with Gasteiger partial charge in [0, 0.05) is 0 Å². The van der Waals surface area contributed by atoms with Crippen LogP contribution in [0, 0.1) is 5.92 Å². The fraction of sp³-hybridized carbons (Fsp3) is 0.833. The van der Waals surface area contributed by atoms with Crippen molar-refractivity contribution < 1.29 is 19.4 Å². The molecule has 1 unspecified atom stereocenters. The van der Waals surface area contributed by atoms with E-state index in [0.717, 1.165) is 32.1 Å². The van der Waals surface area contributed by atoms with Crippen molar-refractivity contribution in [3.63, 3.8) is 0 Å². The van der Waals surface area contributed by atoms with E-state index in [0.29, 0.717) is 0 Å². The normalized spacial score (nSPS) is 20.0. The highest BCUT2D eigenvalue weighted by Gasteiger charge is 2.43. The molecule has 1 saturated carbocycles. The van der Waals surface area contributed by atoms with Crippen LogP contribution in [-0.2, 0) is 9.53 Å². The molecule has 5 nitrogen and oxygen atoms in total. The van der Waals surface area contributed by atoms with Crippen molar-refractivity contribution in [1.82, 2.24) is 5.32 Å². The van der Waals surface area contributed by atoms with Crippen LogP contribution in [0.3, 0.4) is 0 Å². The van der Waals surface area contributed by atoms with Crippen molar-refractivity contribution >= 4 is 46.9 Å². The number of hydrogen-bond acceptors (Lipinski definition) is 3. The van der Waals surface area contributed by atoms with Gasteiger partial charge in [0.25, 0.3) is 0 Å². The third-order valence-corrected chi connectivity index (χ3v) is 3.92. The summed E-state index contributed by atoms with van der Waals surface area (Å²) in [5.41, 5.74) is -1.37. The lowest BCUT2D eigenvalue weighted by Crippen LogP contribution is -2.58.